The second-order valence-corrected chi connectivity index (χ2v) is 4.71. The average molecular weight is 252 g/mol. The molecule has 1 aromatic heterocycles. The summed E-state index contributed by atoms with van der Waals surface area (Å²) in [6.07, 6.45) is 3.76. The summed E-state index contributed by atoms with van der Waals surface area (Å²) in [4.78, 5) is 12.2. The number of benzene rings is 1. The van der Waals surface area contributed by atoms with E-state index in [-0.39, 0.29) is 22.9 Å². The second kappa shape index (κ2) is 4.29. The van der Waals surface area contributed by atoms with Crippen LogP contribution in [0, 0.1) is 11.3 Å². The lowest BCUT2D eigenvalue weighted by Gasteiger charge is -2.08. The first-order valence-corrected chi connectivity index (χ1v) is 6.15. The van der Waals surface area contributed by atoms with Crippen LogP contribution in [0.3, 0.4) is 0 Å². The third-order valence-electron chi connectivity index (χ3n) is 3.35. The van der Waals surface area contributed by atoms with E-state index in [4.69, 9.17) is 0 Å². The van der Waals surface area contributed by atoms with Crippen LogP contribution >= 0.6 is 0 Å². The molecular formula is C15H12N2O2. The van der Waals surface area contributed by atoms with Crippen molar-refractivity contribution in [2.75, 3.05) is 0 Å². The molecule has 3 rings (SSSR count). The number of phenolic OH excluding ortho intramolecular Hbond substituents is 1. The lowest BCUT2D eigenvalue weighted by molar-refractivity contribution is 0.475. The fraction of sp³-hybridized carbons (Fsp3) is 0.200. The van der Waals surface area contributed by atoms with Gasteiger partial charge in [-0.05, 0) is 36.6 Å². The molecule has 1 fully saturated rings. The van der Waals surface area contributed by atoms with Gasteiger partial charge in [-0.2, -0.15) is 5.26 Å². The van der Waals surface area contributed by atoms with Crippen molar-refractivity contribution in [1.29, 1.82) is 5.26 Å². The Kier molecular flexibility index (Phi) is 2.60. The van der Waals surface area contributed by atoms with E-state index >= 15 is 0 Å². The molecule has 1 aliphatic rings. The van der Waals surface area contributed by atoms with Gasteiger partial charge in [-0.15, -0.1) is 0 Å². The Morgan fingerprint density at radius 2 is 1.89 bits per heavy atom. The minimum Gasteiger partial charge on any atom is -0.508 e. The Bertz CT molecular complexity index is 719. The van der Waals surface area contributed by atoms with Gasteiger partial charge < -0.3 is 9.67 Å². The molecule has 0 spiro atoms. The third-order valence-corrected chi connectivity index (χ3v) is 3.35. The van der Waals surface area contributed by atoms with Crippen molar-refractivity contribution in [2.24, 2.45) is 0 Å². The van der Waals surface area contributed by atoms with Crippen molar-refractivity contribution >= 4 is 0 Å². The fourth-order valence-corrected chi connectivity index (χ4v) is 2.18. The van der Waals surface area contributed by atoms with Crippen molar-refractivity contribution < 1.29 is 5.11 Å². The summed E-state index contributed by atoms with van der Waals surface area (Å²) in [6, 6.07) is 10.5. The molecule has 1 N–H and O–H groups in total. The van der Waals surface area contributed by atoms with Crippen LogP contribution in [0.25, 0.3) is 11.1 Å². The molecule has 1 heterocycles. The molecule has 4 nitrogen and oxygen atoms in total. The molecule has 0 unspecified atom stereocenters. The van der Waals surface area contributed by atoms with E-state index in [1.807, 2.05) is 6.07 Å². The molecule has 0 saturated heterocycles. The van der Waals surface area contributed by atoms with Gasteiger partial charge in [-0.25, -0.2) is 0 Å². The summed E-state index contributed by atoms with van der Waals surface area (Å²) in [5.41, 5.74) is 1.31. The van der Waals surface area contributed by atoms with E-state index in [1.165, 1.54) is 0 Å². The lowest BCUT2D eigenvalue weighted by atomic mass is 10.0. The first-order chi connectivity index (χ1) is 9.20. The molecule has 1 aliphatic carbocycles. The van der Waals surface area contributed by atoms with Crippen molar-refractivity contribution in [3.05, 3.63) is 52.4 Å². The zero-order chi connectivity index (χ0) is 13.4. The quantitative estimate of drug-likeness (QED) is 0.892. The SMILES string of the molecule is N#Cc1c(-c2ccc(O)cc2)ccn(C2CC2)c1=O. The van der Waals surface area contributed by atoms with Crippen molar-refractivity contribution in [1.82, 2.24) is 4.57 Å². The zero-order valence-electron chi connectivity index (χ0n) is 10.2. The average Bonchev–Trinajstić information content (AvgIpc) is 3.24. The van der Waals surface area contributed by atoms with Crippen LogP contribution in [0.15, 0.2) is 41.3 Å². The molecule has 2 aromatic rings. The van der Waals surface area contributed by atoms with Gasteiger partial charge in [0.2, 0.25) is 0 Å². The van der Waals surface area contributed by atoms with Crippen molar-refractivity contribution in [3.8, 4) is 22.9 Å². The number of rotatable bonds is 2. The second-order valence-electron chi connectivity index (χ2n) is 4.71. The number of phenols is 1. The van der Waals surface area contributed by atoms with Gasteiger partial charge in [0.15, 0.2) is 0 Å². The molecule has 4 heteroatoms. The van der Waals surface area contributed by atoms with Crippen LogP contribution in [0.5, 0.6) is 5.75 Å². The summed E-state index contributed by atoms with van der Waals surface area (Å²) in [5.74, 6) is 0.161. The van der Waals surface area contributed by atoms with Crippen LogP contribution in [-0.2, 0) is 0 Å². The van der Waals surface area contributed by atoms with E-state index in [1.54, 1.807) is 41.1 Å². The van der Waals surface area contributed by atoms with Gasteiger partial charge in [0.05, 0.1) is 0 Å². The minimum atomic E-state index is -0.226. The molecule has 0 bridgehead atoms. The van der Waals surface area contributed by atoms with Crippen LogP contribution in [0.2, 0.25) is 0 Å². The van der Waals surface area contributed by atoms with E-state index in [9.17, 15) is 15.2 Å². The van der Waals surface area contributed by atoms with Crippen molar-refractivity contribution in [3.63, 3.8) is 0 Å². The summed E-state index contributed by atoms with van der Waals surface area (Å²) >= 11 is 0. The van der Waals surface area contributed by atoms with E-state index in [2.05, 4.69) is 0 Å². The highest BCUT2D eigenvalue weighted by molar-refractivity contribution is 5.70. The van der Waals surface area contributed by atoms with Gasteiger partial charge in [0, 0.05) is 17.8 Å². The Morgan fingerprint density at radius 1 is 1.21 bits per heavy atom. The number of nitriles is 1. The fourth-order valence-electron chi connectivity index (χ4n) is 2.18. The van der Waals surface area contributed by atoms with Gasteiger partial charge in [-0.1, -0.05) is 12.1 Å². The van der Waals surface area contributed by atoms with Gasteiger partial charge in [0.25, 0.3) is 5.56 Å². The summed E-state index contributed by atoms with van der Waals surface area (Å²) < 4.78 is 1.64. The summed E-state index contributed by atoms with van der Waals surface area (Å²) in [7, 11) is 0. The lowest BCUT2D eigenvalue weighted by Crippen LogP contribution is -2.21. The van der Waals surface area contributed by atoms with E-state index in [0.717, 1.165) is 18.4 Å². The highest BCUT2D eigenvalue weighted by Crippen LogP contribution is 2.34. The van der Waals surface area contributed by atoms with Gasteiger partial charge in [-0.3, -0.25) is 4.79 Å². The Morgan fingerprint density at radius 3 is 2.47 bits per heavy atom. The molecule has 0 amide bonds. The molecule has 0 aliphatic heterocycles. The number of nitrogens with zero attached hydrogens (tertiary/aromatic N) is 2. The maximum Gasteiger partial charge on any atom is 0.269 e. The molecule has 0 atom stereocenters. The smallest absolute Gasteiger partial charge is 0.269 e. The largest absolute Gasteiger partial charge is 0.508 e. The number of aromatic hydroxyl groups is 1. The third kappa shape index (κ3) is 2.00. The van der Waals surface area contributed by atoms with Crippen LogP contribution < -0.4 is 5.56 Å². The van der Waals surface area contributed by atoms with Gasteiger partial charge >= 0.3 is 0 Å². The van der Waals surface area contributed by atoms with Crippen LogP contribution in [0.1, 0.15) is 24.4 Å². The number of pyridine rings is 1. The predicted molar refractivity (Wildman–Crippen MR) is 70.8 cm³/mol. The molecular weight excluding hydrogens is 240 g/mol. The number of aromatic nitrogens is 1. The van der Waals surface area contributed by atoms with E-state index in [0.29, 0.717) is 5.56 Å². The summed E-state index contributed by atoms with van der Waals surface area (Å²) in [6.45, 7) is 0. The number of hydrogen-bond acceptors (Lipinski definition) is 3. The highest BCUT2D eigenvalue weighted by atomic mass is 16.3. The molecule has 0 radical (unpaired) electrons. The monoisotopic (exact) mass is 252 g/mol. The normalized spacial score (nSPS) is 14.1. The Labute approximate surface area is 110 Å². The molecule has 19 heavy (non-hydrogen) atoms. The molecule has 1 aromatic carbocycles. The maximum atomic E-state index is 12.2. The van der Waals surface area contributed by atoms with Gasteiger partial charge in [0.1, 0.15) is 17.4 Å². The minimum absolute atomic E-state index is 0.161. The zero-order valence-corrected chi connectivity index (χ0v) is 10.2. The van der Waals surface area contributed by atoms with Crippen LogP contribution in [-0.4, -0.2) is 9.67 Å². The van der Waals surface area contributed by atoms with Crippen molar-refractivity contribution in [2.45, 2.75) is 18.9 Å². The Balaban J connectivity index is 2.17. The van der Waals surface area contributed by atoms with Crippen LogP contribution in [0.4, 0.5) is 0 Å². The number of hydrogen-bond donors (Lipinski definition) is 1. The Hall–Kier alpha value is -2.54. The van der Waals surface area contributed by atoms with E-state index < -0.39 is 0 Å². The molecule has 1 saturated carbocycles. The summed E-state index contributed by atoms with van der Waals surface area (Å²) in [5, 5.41) is 18.5. The first-order valence-electron chi connectivity index (χ1n) is 6.15. The highest BCUT2D eigenvalue weighted by Gasteiger charge is 2.26. The first kappa shape index (κ1) is 11.5. The standard InChI is InChI=1S/C15H12N2O2/c16-9-14-13(10-1-5-12(18)6-2-10)7-8-17(15(14)19)11-3-4-11/h1-2,5-8,11,18H,3-4H2. The molecule has 94 valence electrons. The maximum absolute atomic E-state index is 12.2. The topological polar surface area (TPSA) is 66.0 Å². The predicted octanol–water partition coefficient (Wildman–Crippen LogP) is 2.43.